The van der Waals surface area contributed by atoms with Gasteiger partial charge >= 0.3 is 5.97 Å². The summed E-state index contributed by atoms with van der Waals surface area (Å²) in [6.07, 6.45) is 1.38. The Morgan fingerprint density at radius 3 is 2.73 bits per heavy atom. The first-order chi connectivity index (χ1) is 10.3. The summed E-state index contributed by atoms with van der Waals surface area (Å²) in [6.45, 7) is 1.97. The van der Waals surface area contributed by atoms with Crippen LogP contribution in [0.2, 0.25) is 0 Å². The van der Waals surface area contributed by atoms with Gasteiger partial charge in [-0.1, -0.05) is 5.21 Å². The van der Waals surface area contributed by atoms with Crippen LogP contribution in [0.15, 0.2) is 29.3 Å². The second-order valence-electron chi connectivity index (χ2n) is 4.28. The van der Waals surface area contributed by atoms with Gasteiger partial charge in [-0.2, -0.15) is 0 Å². The summed E-state index contributed by atoms with van der Waals surface area (Å²) in [6, 6.07) is 3.60. The third kappa shape index (κ3) is 3.34. The zero-order valence-electron chi connectivity index (χ0n) is 11.8. The maximum absolute atomic E-state index is 12.2. The van der Waals surface area contributed by atoms with Crippen LogP contribution in [0, 0.1) is 0 Å². The predicted molar refractivity (Wildman–Crippen MR) is 76.4 cm³/mol. The molecular weight excluding hydrogens is 312 g/mol. The summed E-state index contributed by atoms with van der Waals surface area (Å²) in [5.74, 6) is -1.14. The Hall–Kier alpha value is -2.62. The van der Waals surface area contributed by atoms with Crippen molar-refractivity contribution in [3.63, 3.8) is 0 Å². The van der Waals surface area contributed by atoms with E-state index in [1.54, 1.807) is 14.0 Å². The first-order valence-electron chi connectivity index (χ1n) is 6.22. The highest BCUT2D eigenvalue weighted by atomic mass is 32.2. The molecule has 0 amide bonds. The number of benzene rings is 1. The Balaban J connectivity index is 2.38. The summed E-state index contributed by atoms with van der Waals surface area (Å²) in [5.41, 5.74) is -0.233. The molecule has 118 valence electrons. The molecule has 10 heteroatoms. The molecule has 1 aromatic carbocycles. The van der Waals surface area contributed by atoms with Crippen LogP contribution < -0.4 is 9.46 Å². The van der Waals surface area contributed by atoms with E-state index < -0.39 is 16.0 Å². The number of rotatable bonds is 6. The number of hydrogen-bond acceptors (Lipinski definition) is 6. The monoisotopic (exact) mass is 326 g/mol. The van der Waals surface area contributed by atoms with Crippen LogP contribution in [0.25, 0.3) is 0 Å². The number of sulfonamides is 1. The fourth-order valence-corrected chi connectivity index (χ4v) is 2.72. The number of carbonyl (C=O) groups is 1. The van der Waals surface area contributed by atoms with Gasteiger partial charge in [0.2, 0.25) is 0 Å². The number of hydrogen-bond donors (Lipinski definition) is 2. The highest BCUT2D eigenvalue weighted by Crippen LogP contribution is 2.24. The number of anilines is 1. The maximum Gasteiger partial charge on any atom is 0.339 e. The van der Waals surface area contributed by atoms with Crippen molar-refractivity contribution in [3.05, 3.63) is 30.0 Å². The third-order valence-electron chi connectivity index (χ3n) is 2.63. The summed E-state index contributed by atoms with van der Waals surface area (Å²) >= 11 is 0. The van der Waals surface area contributed by atoms with Crippen LogP contribution in [0.3, 0.4) is 0 Å². The van der Waals surface area contributed by atoms with E-state index in [0.29, 0.717) is 0 Å². The topological polar surface area (TPSA) is 123 Å². The lowest BCUT2D eigenvalue weighted by atomic mass is 10.2. The first-order valence-corrected chi connectivity index (χ1v) is 7.71. The van der Waals surface area contributed by atoms with Crippen LogP contribution in [-0.4, -0.2) is 41.1 Å². The number of nitrogens with zero attached hydrogens (tertiary/aromatic N) is 3. The lowest BCUT2D eigenvalue weighted by Gasteiger charge is -2.10. The van der Waals surface area contributed by atoms with Gasteiger partial charge in [0.25, 0.3) is 10.0 Å². The second-order valence-corrected chi connectivity index (χ2v) is 5.96. The van der Waals surface area contributed by atoms with Crippen molar-refractivity contribution in [1.82, 2.24) is 15.0 Å². The van der Waals surface area contributed by atoms with E-state index in [2.05, 4.69) is 15.0 Å². The predicted octanol–water partition coefficient (Wildman–Crippen LogP) is 0.713. The van der Waals surface area contributed by atoms with Crippen LogP contribution in [0.5, 0.6) is 5.75 Å². The number of aromatic nitrogens is 3. The highest BCUT2D eigenvalue weighted by Gasteiger charge is 2.20. The quantitative estimate of drug-likeness (QED) is 0.801. The van der Waals surface area contributed by atoms with E-state index in [-0.39, 0.29) is 28.6 Å². The molecule has 0 bridgehead atoms. The number of aromatic carboxylic acids is 1. The lowest BCUT2D eigenvalue weighted by molar-refractivity contribution is 0.0692. The highest BCUT2D eigenvalue weighted by molar-refractivity contribution is 7.92. The third-order valence-corrected chi connectivity index (χ3v) is 3.99. The van der Waals surface area contributed by atoms with Crippen molar-refractivity contribution in [2.75, 3.05) is 11.3 Å². The zero-order valence-corrected chi connectivity index (χ0v) is 12.7. The first kappa shape index (κ1) is 15.8. The van der Waals surface area contributed by atoms with Crippen LogP contribution in [0.4, 0.5) is 5.82 Å². The van der Waals surface area contributed by atoms with Gasteiger partial charge in [-0.15, -0.1) is 5.10 Å². The number of carboxylic acid groups (broad SMARTS) is 1. The van der Waals surface area contributed by atoms with Gasteiger partial charge in [0, 0.05) is 7.05 Å². The van der Waals surface area contributed by atoms with E-state index >= 15 is 0 Å². The smallest absolute Gasteiger partial charge is 0.339 e. The molecule has 0 aliphatic heterocycles. The molecule has 0 saturated carbocycles. The van der Waals surface area contributed by atoms with Gasteiger partial charge in [0.15, 0.2) is 5.82 Å². The molecule has 9 nitrogen and oxygen atoms in total. The number of carboxylic acids is 1. The van der Waals surface area contributed by atoms with Crippen molar-refractivity contribution < 1.29 is 23.1 Å². The summed E-state index contributed by atoms with van der Waals surface area (Å²) in [7, 11) is -2.38. The Kier molecular flexibility index (Phi) is 4.31. The number of aryl methyl sites for hydroxylation is 1. The van der Waals surface area contributed by atoms with E-state index in [4.69, 9.17) is 9.84 Å². The molecule has 0 fully saturated rings. The molecule has 1 aromatic heterocycles. The Morgan fingerprint density at radius 1 is 1.45 bits per heavy atom. The van der Waals surface area contributed by atoms with Gasteiger partial charge in [-0.3, -0.25) is 9.40 Å². The van der Waals surface area contributed by atoms with E-state index in [0.717, 1.165) is 6.07 Å². The molecule has 1 heterocycles. The minimum atomic E-state index is -3.97. The fraction of sp³-hybridized carbons (Fsp3) is 0.250. The Bertz CT molecular complexity index is 800. The molecule has 0 radical (unpaired) electrons. The molecule has 22 heavy (non-hydrogen) atoms. The van der Waals surface area contributed by atoms with Gasteiger partial charge in [-0.25, -0.2) is 13.2 Å². The molecular formula is C12H14N4O5S. The molecule has 0 atom stereocenters. The second kappa shape index (κ2) is 6.02. The van der Waals surface area contributed by atoms with Gasteiger partial charge in [0.05, 0.1) is 17.7 Å². The van der Waals surface area contributed by atoms with Crippen molar-refractivity contribution >= 4 is 21.8 Å². The van der Waals surface area contributed by atoms with Crippen LogP contribution in [-0.2, 0) is 17.1 Å². The molecule has 0 spiro atoms. The zero-order chi connectivity index (χ0) is 16.3. The van der Waals surface area contributed by atoms with Crippen molar-refractivity contribution in [3.8, 4) is 5.75 Å². The minimum Gasteiger partial charge on any atom is -0.493 e. The summed E-state index contributed by atoms with van der Waals surface area (Å²) < 4.78 is 33.2. The molecule has 0 saturated heterocycles. The SMILES string of the molecule is CCOc1ccc(S(=O)(=O)Nc2cn(C)nn2)cc1C(=O)O. The van der Waals surface area contributed by atoms with E-state index in [1.807, 2.05) is 0 Å². The fourth-order valence-electron chi connectivity index (χ4n) is 1.72. The van der Waals surface area contributed by atoms with Gasteiger partial charge in [-0.05, 0) is 25.1 Å². The van der Waals surface area contributed by atoms with Crippen molar-refractivity contribution in [2.24, 2.45) is 7.05 Å². The summed E-state index contributed by atoms with van der Waals surface area (Å²) in [5, 5.41) is 16.4. The minimum absolute atomic E-state index is 0.0354. The van der Waals surface area contributed by atoms with Crippen molar-refractivity contribution in [2.45, 2.75) is 11.8 Å². The van der Waals surface area contributed by atoms with E-state index in [9.17, 15) is 13.2 Å². The van der Waals surface area contributed by atoms with E-state index in [1.165, 1.54) is 23.0 Å². The molecule has 2 aromatic rings. The number of nitrogens with one attached hydrogen (secondary N) is 1. The normalized spacial score (nSPS) is 11.2. The Labute approximate surface area is 126 Å². The average molecular weight is 326 g/mol. The largest absolute Gasteiger partial charge is 0.493 e. The summed E-state index contributed by atoms with van der Waals surface area (Å²) in [4.78, 5) is 11.0. The number of ether oxygens (including phenoxy) is 1. The molecule has 0 unspecified atom stereocenters. The lowest BCUT2D eigenvalue weighted by Crippen LogP contribution is -2.14. The van der Waals surface area contributed by atoms with Gasteiger partial charge in [0.1, 0.15) is 11.3 Å². The molecule has 2 N–H and O–H groups in total. The van der Waals surface area contributed by atoms with Crippen LogP contribution in [0.1, 0.15) is 17.3 Å². The van der Waals surface area contributed by atoms with Crippen LogP contribution >= 0.6 is 0 Å². The Morgan fingerprint density at radius 2 is 2.18 bits per heavy atom. The molecule has 0 aliphatic rings. The van der Waals surface area contributed by atoms with Gasteiger partial charge < -0.3 is 9.84 Å². The average Bonchev–Trinajstić information content (AvgIpc) is 2.83. The molecule has 2 rings (SSSR count). The van der Waals surface area contributed by atoms with Crippen molar-refractivity contribution in [1.29, 1.82) is 0 Å². The molecule has 0 aliphatic carbocycles. The standard InChI is InChI=1S/C12H14N4O5S/c1-3-21-10-5-4-8(6-9(10)12(17)18)22(19,20)14-11-7-16(2)15-13-11/h4-7,14H,3H2,1-2H3,(H,17,18). The maximum atomic E-state index is 12.2.